The molecule has 2 aromatic carbocycles. The lowest BCUT2D eigenvalue weighted by molar-refractivity contribution is 0.0963. The molecule has 0 unspecified atom stereocenters. The Morgan fingerprint density at radius 3 is 2.23 bits per heavy atom. The molecule has 0 heterocycles. The van der Waals surface area contributed by atoms with Crippen LogP contribution < -0.4 is 20.7 Å². The lowest BCUT2D eigenvalue weighted by atomic mass is 10.1. The highest BCUT2D eigenvalue weighted by Crippen LogP contribution is 2.11. The summed E-state index contributed by atoms with van der Waals surface area (Å²) in [7, 11) is 3.28. The average molecular weight is 354 g/mol. The van der Waals surface area contributed by atoms with Gasteiger partial charge in [0.15, 0.2) is 5.96 Å². The van der Waals surface area contributed by atoms with Crippen LogP contribution in [0.3, 0.4) is 0 Å². The summed E-state index contributed by atoms with van der Waals surface area (Å²) in [5.74, 6) is 1.50. The highest BCUT2D eigenvalue weighted by atomic mass is 16.5. The molecular formula is C20H26N4O2. The first-order valence-electron chi connectivity index (χ1n) is 8.62. The van der Waals surface area contributed by atoms with E-state index in [1.807, 2.05) is 55.5 Å². The van der Waals surface area contributed by atoms with Gasteiger partial charge in [0.1, 0.15) is 5.75 Å². The normalized spacial score (nSPS) is 11.0. The molecule has 26 heavy (non-hydrogen) atoms. The molecule has 3 N–H and O–H groups in total. The van der Waals surface area contributed by atoms with E-state index in [1.54, 1.807) is 14.2 Å². The van der Waals surface area contributed by atoms with Gasteiger partial charge >= 0.3 is 0 Å². The summed E-state index contributed by atoms with van der Waals surface area (Å²) in [6.45, 7) is 4.02. The zero-order valence-electron chi connectivity index (χ0n) is 15.5. The van der Waals surface area contributed by atoms with E-state index < -0.39 is 0 Å². The largest absolute Gasteiger partial charge is 0.497 e. The monoisotopic (exact) mass is 354 g/mol. The van der Waals surface area contributed by atoms with Crippen molar-refractivity contribution in [1.82, 2.24) is 16.0 Å². The van der Waals surface area contributed by atoms with Crippen LogP contribution in [0, 0.1) is 0 Å². The van der Waals surface area contributed by atoms with Crippen LogP contribution in [0.4, 0.5) is 0 Å². The molecule has 0 aliphatic carbocycles. The predicted octanol–water partition coefficient (Wildman–Crippen LogP) is 2.31. The summed E-state index contributed by atoms with van der Waals surface area (Å²) in [5.41, 5.74) is 2.84. The number of guanidine groups is 1. The minimum atomic E-state index is -0.0844. The van der Waals surface area contributed by atoms with Crippen LogP contribution in [-0.4, -0.2) is 32.6 Å². The first-order valence-corrected chi connectivity index (χ1v) is 8.62. The molecule has 0 fully saturated rings. The molecule has 2 rings (SSSR count). The Labute approximate surface area is 154 Å². The van der Waals surface area contributed by atoms with Gasteiger partial charge in [0.25, 0.3) is 5.91 Å². The van der Waals surface area contributed by atoms with Crippen LogP contribution in [-0.2, 0) is 13.1 Å². The maximum Gasteiger partial charge on any atom is 0.251 e. The predicted molar refractivity (Wildman–Crippen MR) is 104 cm³/mol. The second kappa shape index (κ2) is 10.1. The van der Waals surface area contributed by atoms with Gasteiger partial charge in [-0.1, -0.05) is 24.3 Å². The summed E-state index contributed by atoms with van der Waals surface area (Å²) >= 11 is 0. The Morgan fingerprint density at radius 1 is 1.00 bits per heavy atom. The number of ether oxygens (including phenoxy) is 1. The van der Waals surface area contributed by atoms with Crippen LogP contribution >= 0.6 is 0 Å². The fraction of sp³-hybridized carbons (Fsp3) is 0.300. The van der Waals surface area contributed by atoms with Crippen molar-refractivity contribution in [3.63, 3.8) is 0 Å². The molecule has 138 valence electrons. The third-order valence-electron chi connectivity index (χ3n) is 3.83. The zero-order chi connectivity index (χ0) is 18.8. The van der Waals surface area contributed by atoms with Crippen molar-refractivity contribution < 1.29 is 9.53 Å². The molecule has 0 atom stereocenters. The molecule has 0 radical (unpaired) electrons. The zero-order valence-corrected chi connectivity index (χ0v) is 15.5. The Balaban J connectivity index is 1.95. The Bertz CT molecular complexity index is 724. The molecule has 2 aromatic rings. The van der Waals surface area contributed by atoms with Crippen molar-refractivity contribution in [2.24, 2.45) is 4.99 Å². The van der Waals surface area contributed by atoms with E-state index >= 15 is 0 Å². The van der Waals surface area contributed by atoms with Gasteiger partial charge < -0.3 is 20.7 Å². The van der Waals surface area contributed by atoms with E-state index in [0.717, 1.165) is 29.4 Å². The summed E-state index contributed by atoms with van der Waals surface area (Å²) in [5, 5.41) is 9.16. The van der Waals surface area contributed by atoms with E-state index in [4.69, 9.17) is 4.74 Å². The Hall–Kier alpha value is -3.02. The molecule has 0 saturated carbocycles. The topological polar surface area (TPSA) is 74.8 Å². The van der Waals surface area contributed by atoms with Gasteiger partial charge in [-0.2, -0.15) is 0 Å². The van der Waals surface area contributed by atoms with Crippen molar-refractivity contribution >= 4 is 11.9 Å². The molecule has 0 bridgehead atoms. The van der Waals surface area contributed by atoms with Crippen molar-refractivity contribution in [3.8, 4) is 5.75 Å². The number of hydrogen-bond donors (Lipinski definition) is 3. The third-order valence-corrected chi connectivity index (χ3v) is 3.83. The number of carbonyl (C=O) groups is 1. The molecule has 1 amide bonds. The SMILES string of the molecule is CCNC(=NCc1ccc(OC)cc1)NCc1ccc(C(=O)NC)cc1. The van der Waals surface area contributed by atoms with Gasteiger partial charge in [0.05, 0.1) is 13.7 Å². The van der Waals surface area contributed by atoms with E-state index in [2.05, 4.69) is 20.9 Å². The smallest absolute Gasteiger partial charge is 0.251 e. The maximum absolute atomic E-state index is 11.6. The van der Waals surface area contributed by atoms with Gasteiger partial charge in [0, 0.05) is 25.7 Å². The number of nitrogens with one attached hydrogen (secondary N) is 3. The van der Waals surface area contributed by atoms with Gasteiger partial charge in [0.2, 0.25) is 0 Å². The number of amides is 1. The Kier molecular flexibility index (Phi) is 7.49. The summed E-state index contributed by atoms with van der Waals surface area (Å²) in [6, 6.07) is 15.4. The molecule has 0 spiro atoms. The average Bonchev–Trinajstić information content (AvgIpc) is 2.70. The number of carbonyl (C=O) groups excluding carboxylic acids is 1. The maximum atomic E-state index is 11.6. The fourth-order valence-corrected chi connectivity index (χ4v) is 2.35. The molecule has 0 aromatic heterocycles. The van der Waals surface area contributed by atoms with Gasteiger partial charge in [-0.05, 0) is 42.3 Å². The molecule has 6 heteroatoms. The number of methoxy groups -OCH3 is 1. The summed E-state index contributed by atoms with van der Waals surface area (Å²) < 4.78 is 5.17. The van der Waals surface area contributed by atoms with E-state index in [-0.39, 0.29) is 5.91 Å². The van der Waals surface area contributed by atoms with Crippen molar-refractivity contribution in [1.29, 1.82) is 0 Å². The molecule has 6 nitrogen and oxygen atoms in total. The summed E-state index contributed by atoms with van der Waals surface area (Å²) in [4.78, 5) is 16.2. The van der Waals surface area contributed by atoms with E-state index in [9.17, 15) is 4.79 Å². The number of aliphatic imine (C=N–C) groups is 1. The minimum Gasteiger partial charge on any atom is -0.497 e. The lowest BCUT2D eigenvalue weighted by Gasteiger charge is -2.12. The minimum absolute atomic E-state index is 0.0844. The van der Waals surface area contributed by atoms with Crippen LogP contribution in [0.2, 0.25) is 0 Å². The second-order valence-corrected chi connectivity index (χ2v) is 5.67. The fourth-order valence-electron chi connectivity index (χ4n) is 2.35. The highest BCUT2D eigenvalue weighted by molar-refractivity contribution is 5.93. The number of nitrogens with zero attached hydrogens (tertiary/aromatic N) is 1. The highest BCUT2D eigenvalue weighted by Gasteiger charge is 2.03. The van der Waals surface area contributed by atoms with Crippen molar-refractivity contribution in [3.05, 3.63) is 65.2 Å². The first kappa shape index (κ1) is 19.3. The summed E-state index contributed by atoms with van der Waals surface area (Å²) in [6.07, 6.45) is 0. The number of benzene rings is 2. The Morgan fingerprint density at radius 2 is 1.65 bits per heavy atom. The standard InChI is InChI=1S/C20H26N4O2/c1-4-22-20(24-14-16-7-11-18(26-3)12-8-16)23-13-15-5-9-17(10-6-15)19(25)21-2/h5-12H,4,13-14H2,1-3H3,(H,21,25)(H2,22,23,24). The van der Waals surface area contributed by atoms with Crippen molar-refractivity contribution in [2.45, 2.75) is 20.0 Å². The molecular weight excluding hydrogens is 328 g/mol. The van der Waals surface area contributed by atoms with Crippen LogP contribution in [0.1, 0.15) is 28.4 Å². The quantitative estimate of drug-likeness (QED) is 0.527. The van der Waals surface area contributed by atoms with E-state index in [1.165, 1.54) is 0 Å². The third kappa shape index (κ3) is 5.81. The molecule has 0 aliphatic heterocycles. The van der Waals surface area contributed by atoms with Crippen molar-refractivity contribution in [2.75, 3.05) is 20.7 Å². The van der Waals surface area contributed by atoms with Gasteiger partial charge in [-0.25, -0.2) is 4.99 Å². The van der Waals surface area contributed by atoms with Gasteiger partial charge in [-0.15, -0.1) is 0 Å². The second-order valence-electron chi connectivity index (χ2n) is 5.67. The molecule has 0 aliphatic rings. The van der Waals surface area contributed by atoms with Crippen LogP contribution in [0.15, 0.2) is 53.5 Å². The van der Waals surface area contributed by atoms with Crippen LogP contribution in [0.25, 0.3) is 0 Å². The number of rotatable bonds is 7. The molecule has 0 saturated heterocycles. The van der Waals surface area contributed by atoms with Gasteiger partial charge in [-0.3, -0.25) is 4.79 Å². The number of hydrogen-bond acceptors (Lipinski definition) is 3. The van der Waals surface area contributed by atoms with Crippen LogP contribution in [0.5, 0.6) is 5.75 Å². The lowest BCUT2D eigenvalue weighted by Crippen LogP contribution is -2.36. The first-order chi connectivity index (χ1) is 12.7. The van der Waals surface area contributed by atoms with E-state index in [0.29, 0.717) is 18.7 Å².